The predicted octanol–water partition coefficient (Wildman–Crippen LogP) is 2.17. The number of nitrogen functional groups attached to an aromatic ring is 1. The fourth-order valence-electron chi connectivity index (χ4n) is 2.21. The molecule has 1 amide bonds. The molecule has 5 nitrogen and oxygen atoms in total. The molecule has 0 aliphatic carbocycles. The van der Waals surface area contributed by atoms with E-state index in [0.717, 1.165) is 22.2 Å². The van der Waals surface area contributed by atoms with Crippen LogP contribution >= 0.6 is 0 Å². The summed E-state index contributed by atoms with van der Waals surface area (Å²) < 4.78 is 0. The molecule has 0 fully saturated rings. The molecule has 0 saturated carbocycles. The minimum absolute atomic E-state index is 0.430. The van der Waals surface area contributed by atoms with Crippen LogP contribution in [0.25, 0.3) is 22.7 Å². The van der Waals surface area contributed by atoms with Gasteiger partial charge in [-0.1, -0.05) is 12.1 Å². The molecule has 0 aliphatic rings. The molecule has 3 rings (SSSR count). The highest BCUT2D eigenvalue weighted by Gasteiger charge is 2.10. The number of nitrogens with zero attached hydrogens (tertiary/aromatic N) is 1. The molecule has 2 heterocycles. The third-order valence-corrected chi connectivity index (χ3v) is 3.27. The zero-order valence-corrected chi connectivity index (χ0v) is 11.2. The molecule has 0 aliphatic heterocycles. The van der Waals surface area contributed by atoms with Crippen LogP contribution in [-0.2, 0) is 4.79 Å². The van der Waals surface area contributed by atoms with Crippen molar-refractivity contribution >= 4 is 34.3 Å². The molecular weight excluding hydrogens is 264 g/mol. The van der Waals surface area contributed by atoms with Crippen LogP contribution in [0.15, 0.2) is 48.8 Å². The summed E-state index contributed by atoms with van der Waals surface area (Å²) in [6.07, 6.45) is 5.27. The number of nitrogens with two attached hydrogens (primary N) is 2. The van der Waals surface area contributed by atoms with Gasteiger partial charge in [-0.05, 0) is 35.9 Å². The number of pyridine rings is 1. The van der Waals surface area contributed by atoms with Crippen LogP contribution in [0.1, 0.15) is 11.1 Å². The van der Waals surface area contributed by atoms with Crippen LogP contribution in [0.5, 0.6) is 0 Å². The molecule has 0 spiro atoms. The van der Waals surface area contributed by atoms with Gasteiger partial charge in [0.1, 0.15) is 5.65 Å². The molecule has 0 unspecified atom stereocenters. The van der Waals surface area contributed by atoms with Crippen LogP contribution in [-0.4, -0.2) is 15.9 Å². The zero-order chi connectivity index (χ0) is 14.8. The van der Waals surface area contributed by atoms with Crippen molar-refractivity contribution in [2.45, 2.75) is 0 Å². The third kappa shape index (κ3) is 2.49. The Kier molecular flexibility index (Phi) is 3.16. The first-order chi connectivity index (χ1) is 10.1. The lowest BCUT2D eigenvalue weighted by Crippen LogP contribution is -2.12. The van der Waals surface area contributed by atoms with Crippen molar-refractivity contribution in [1.82, 2.24) is 9.97 Å². The SMILES string of the molecule is NC(=O)C(=Cc1c[nH]c2ncccc12)c1ccc(N)cc1. The number of primary amides is 1. The molecule has 0 radical (unpaired) electrons. The highest BCUT2D eigenvalue weighted by molar-refractivity contribution is 6.24. The molecule has 0 atom stereocenters. The van der Waals surface area contributed by atoms with E-state index in [1.54, 1.807) is 42.7 Å². The third-order valence-electron chi connectivity index (χ3n) is 3.27. The summed E-state index contributed by atoms with van der Waals surface area (Å²) in [6.45, 7) is 0. The number of aromatic nitrogens is 2. The first-order valence-corrected chi connectivity index (χ1v) is 6.44. The highest BCUT2D eigenvalue weighted by Crippen LogP contribution is 2.23. The van der Waals surface area contributed by atoms with Gasteiger partial charge >= 0.3 is 0 Å². The fraction of sp³-hybridized carbons (Fsp3) is 0. The lowest BCUT2D eigenvalue weighted by atomic mass is 10.0. The number of H-pyrrole nitrogens is 1. The maximum Gasteiger partial charge on any atom is 0.249 e. The molecule has 21 heavy (non-hydrogen) atoms. The van der Waals surface area contributed by atoms with Crippen LogP contribution in [0.4, 0.5) is 5.69 Å². The van der Waals surface area contributed by atoms with Crippen molar-refractivity contribution in [1.29, 1.82) is 0 Å². The van der Waals surface area contributed by atoms with E-state index in [1.165, 1.54) is 0 Å². The van der Waals surface area contributed by atoms with Gasteiger partial charge in [-0.15, -0.1) is 0 Å². The van der Waals surface area contributed by atoms with Crippen LogP contribution < -0.4 is 11.5 Å². The van der Waals surface area contributed by atoms with Gasteiger partial charge in [0, 0.05) is 34.6 Å². The zero-order valence-electron chi connectivity index (χ0n) is 11.2. The van der Waals surface area contributed by atoms with Crippen molar-refractivity contribution in [2.24, 2.45) is 5.73 Å². The fourth-order valence-corrected chi connectivity index (χ4v) is 2.21. The molecule has 2 aromatic heterocycles. The van der Waals surface area contributed by atoms with Crippen molar-refractivity contribution < 1.29 is 4.79 Å². The summed E-state index contributed by atoms with van der Waals surface area (Å²) in [6, 6.07) is 10.8. The number of fused-ring (bicyclic) bond motifs is 1. The average Bonchev–Trinajstić information content (AvgIpc) is 2.89. The number of carbonyl (C=O) groups is 1. The van der Waals surface area contributed by atoms with Crippen molar-refractivity contribution in [3.8, 4) is 0 Å². The molecule has 5 N–H and O–H groups in total. The Balaban J connectivity index is 2.13. The van der Waals surface area contributed by atoms with E-state index >= 15 is 0 Å². The maximum absolute atomic E-state index is 11.7. The number of hydrogen-bond acceptors (Lipinski definition) is 3. The molecule has 3 aromatic rings. The van der Waals surface area contributed by atoms with Gasteiger partial charge in [0.05, 0.1) is 0 Å². The second-order valence-electron chi connectivity index (χ2n) is 4.69. The molecule has 1 aromatic carbocycles. The minimum Gasteiger partial charge on any atom is -0.399 e. The monoisotopic (exact) mass is 278 g/mol. The summed E-state index contributed by atoms with van der Waals surface area (Å²) in [5.41, 5.74) is 14.6. The second-order valence-corrected chi connectivity index (χ2v) is 4.69. The van der Waals surface area contributed by atoms with Gasteiger partial charge in [-0.2, -0.15) is 0 Å². The van der Waals surface area contributed by atoms with E-state index in [9.17, 15) is 4.79 Å². The lowest BCUT2D eigenvalue weighted by Gasteiger charge is -2.04. The highest BCUT2D eigenvalue weighted by atomic mass is 16.1. The Bertz CT molecular complexity index is 831. The summed E-state index contributed by atoms with van der Waals surface area (Å²) in [7, 11) is 0. The lowest BCUT2D eigenvalue weighted by molar-refractivity contribution is -0.112. The summed E-state index contributed by atoms with van der Waals surface area (Å²) >= 11 is 0. The normalized spacial score (nSPS) is 11.7. The molecule has 5 heteroatoms. The summed E-state index contributed by atoms with van der Waals surface area (Å²) in [5, 5.41) is 0.937. The predicted molar refractivity (Wildman–Crippen MR) is 84.0 cm³/mol. The van der Waals surface area contributed by atoms with Crippen LogP contribution in [0.3, 0.4) is 0 Å². The number of anilines is 1. The topological polar surface area (TPSA) is 97.8 Å². The number of amides is 1. The van der Waals surface area contributed by atoms with Crippen LogP contribution in [0.2, 0.25) is 0 Å². The van der Waals surface area contributed by atoms with Gasteiger partial charge in [-0.25, -0.2) is 4.98 Å². The van der Waals surface area contributed by atoms with Gasteiger partial charge in [0.25, 0.3) is 0 Å². The number of carbonyl (C=O) groups excluding carboxylic acids is 1. The molecule has 0 bridgehead atoms. The van der Waals surface area contributed by atoms with E-state index in [0.29, 0.717) is 11.3 Å². The van der Waals surface area contributed by atoms with Gasteiger partial charge in [-0.3, -0.25) is 4.79 Å². The summed E-state index contributed by atoms with van der Waals surface area (Å²) in [4.78, 5) is 19.0. The summed E-state index contributed by atoms with van der Waals surface area (Å²) in [5.74, 6) is -0.488. The quantitative estimate of drug-likeness (QED) is 0.506. The van der Waals surface area contributed by atoms with Crippen molar-refractivity contribution in [3.05, 3.63) is 59.9 Å². The average molecular weight is 278 g/mol. The first kappa shape index (κ1) is 12.9. The molecule has 0 saturated heterocycles. The Labute approximate surface area is 121 Å². The van der Waals surface area contributed by atoms with E-state index in [4.69, 9.17) is 11.5 Å². The smallest absolute Gasteiger partial charge is 0.249 e. The molecule has 104 valence electrons. The number of aromatic amines is 1. The Morgan fingerprint density at radius 1 is 1.19 bits per heavy atom. The Morgan fingerprint density at radius 2 is 1.95 bits per heavy atom. The van der Waals surface area contributed by atoms with Crippen molar-refractivity contribution in [3.63, 3.8) is 0 Å². The van der Waals surface area contributed by atoms with E-state index in [2.05, 4.69) is 9.97 Å². The van der Waals surface area contributed by atoms with E-state index in [1.807, 2.05) is 12.1 Å². The minimum atomic E-state index is -0.488. The first-order valence-electron chi connectivity index (χ1n) is 6.44. The Hall–Kier alpha value is -3.08. The number of rotatable bonds is 3. The maximum atomic E-state index is 11.7. The van der Waals surface area contributed by atoms with Gasteiger partial charge in [0.2, 0.25) is 5.91 Å². The number of hydrogen-bond donors (Lipinski definition) is 3. The number of benzene rings is 1. The van der Waals surface area contributed by atoms with Crippen molar-refractivity contribution in [2.75, 3.05) is 5.73 Å². The number of nitrogens with one attached hydrogen (secondary N) is 1. The van der Waals surface area contributed by atoms with Crippen LogP contribution in [0, 0.1) is 0 Å². The second kappa shape index (κ2) is 5.13. The van der Waals surface area contributed by atoms with Gasteiger partial charge < -0.3 is 16.5 Å². The van der Waals surface area contributed by atoms with E-state index < -0.39 is 5.91 Å². The standard InChI is InChI=1S/C16H14N4O/c17-12-5-3-10(4-6-12)14(15(18)21)8-11-9-20-16-13(11)2-1-7-19-16/h1-9H,17H2,(H2,18,21)(H,19,20). The molecular formula is C16H14N4O. The Morgan fingerprint density at radius 3 is 2.67 bits per heavy atom. The largest absolute Gasteiger partial charge is 0.399 e. The van der Waals surface area contributed by atoms with E-state index in [-0.39, 0.29) is 0 Å². The van der Waals surface area contributed by atoms with Gasteiger partial charge in [0.15, 0.2) is 0 Å².